The van der Waals surface area contributed by atoms with E-state index in [9.17, 15) is 15.0 Å². The molecule has 65 heavy (non-hydrogen) atoms. The van der Waals surface area contributed by atoms with Crippen LogP contribution in [0.5, 0.6) is 0 Å². The quantitative estimate of drug-likeness (QED) is 0.127. The Kier molecular flexibility index (Phi) is 26.2. The van der Waals surface area contributed by atoms with Crippen molar-refractivity contribution in [3.05, 3.63) is 86.6 Å². The predicted octanol–water partition coefficient (Wildman–Crippen LogP) is -2.49. The average molecular weight is 952 g/mol. The molecule has 0 amide bonds. The van der Waals surface area contributed by atoms with Crippen molar-refractivity contribution in [2.45, 2.75) is 91.0 Å². The van der Waals surface area contributed by atoms with Crippen molar-refractivity contribution in [2.24, 2.45) is 0 Å². The molecule has 8 nitrogen and oxygen atoms in total. The average Bonchev–Trinajstić information content (AvgIpc) is 3.38. The molecule has 0 unspecified atom stereocenters. The first kappa shape index (κ1) is 62.6. The van der Waals surface area contributed by atoms with Gasteiger partial charge in [-0.1, -0.05) is 6.07 Å². The van der Waals surface area contributed by atoms with E-state index in [4.69, 9.17) is 110 Å². The summed E-state index contributed by atoms with van der Waals surface area (Å²) < 4.78 is 13.7. The van der Waals surface area contributed by atoms with E-state index < -0.39 is 87.7 Å². The van der Waals surface area contributed by atoms with Gasteiger partial charge >= 0.3 is 0 Å². The fourth-order valence-corrected chi connectivity index (χ4v) is 7.27. The minimum Gasteiger partial charge on any atom is -0.384 e. The van der Waals surface area contributed by atoms with Gasteiger partial charge in [0.05, 0.1) is 22.6 Å². The molecule has 27 radical (unpaired) electrons. The number of nitrogens with zero attached hydrogens (tertiary/aromatic N) is 3. The lowest BCUT2D eigenvalue weighted by atomic mass is 8.35. The van der Waals surface area contributed by atoms with Crippen molar-refractivity contribution in [1.82, 2.24) is 15.0 Å². The molecule has 0 bridgehead atoms. The van der Waals surface area contributed by atoms with Gasteiger partial charge in [-0.3, -0.25) is 19.7 Å². The highest BCUT2D eigenvalue weighted by Gasteiger charge is 2.50. The summed E-state index contributed by atoms with van der Waals surface area (Å²) in [6, 6.07) is 10.8. The summed E-state index contributed by atoms with van der Waals surface area (Å²) in [5.41, 5.74) is 0.192. The van der Waals surface area contributed by atoms with E-state index in [2.05, 4.69) is 46.8 Å². The number of ether oxygens (including phenoxy) is 2. The molecule has 293 valence electrons. The Labute approximate surface area is 429 Å². The van der Waals surface area contributed by atoms with Crippen molar-refractivity contribution in [1.29, 1.82) is 0 Å². The lowest BCUT2D eigenvalue weighted by molar-refractivity contribution is -0.0898. The Balaban J connectivity index is 0.000000462. The normalized spacial score (nSPS) is 13.6. The lowest BCUT2D eigenvalue weighted by Gasteiger charge is -2.47. The Morgan fingerprint density at radius 1 is 0.600 bits per heavy atom. The molecule has 3 aromatic rings. The van der Waals surface area contributed by atoms with Gasteiger partial charge in [-0.05, 0) is 118 Å². The summed E-state index contributed by atoms with van der Waals surface area (Å²) in [6.45, 7) is 16.4. The SMILES string of the molecule is CC(=O)c1ccc(Br)cn1.CC(C)(O)c1ccc(Br)cn1.CC(C)(O)c1ccc(C2OC(C)(C)C(C)(C)O2)cn1.[B][B]B(B([B])[B])B(B([B])[B])B(B(B([B])[B])B([B])[B])B(B([B])[B])B([B])[B]. The highest BCUT2D eigenvalue weighted by Crippen LogP contribution is 2.44. The first-order valence-corrected chi connectivity index (χ1v) is 22.3. The maximum absolute atomic E-state index is 10.7. The Bertz CT molecular complexity index is 1810. The Hall–Kier alpha value is -0.457. The Morgan fingerprint density at radius 2 is 0.969 bits per heavy atom. The number of Topliss-reactive ketones (excluding diaryl/α,β-unsaturated/α-hetero) is 1. The highest BCUT2D eigenvalue weighted by atomic mass is 79.9. The van der Waals surface area contributed by atoms with Crippen LogP contribution in [0.25, 0.3) is 0 Å². The van der Waals surface area contributed by atoms with Crippen molar-refractivity contribution in [3.8, 4) is 0 Å². The van der Waals surface area contributed by atoms with Crippen LogP contribution in [0.2, 0.25) is 0 Å². The van der Waals surface area contributed by atoms with Crippen LogP contribution in [0.15, 0.2) is 63.9 Å². The second kappa shape index (κ2) is 27.2. The maximum atomic E-state index is 10.7. The van der Waals surface area contributed by atoms with Crippen LogP contribution in [0.1, 0.15) is 96.0 Å². The summed E-state index contributed by atoms with van der Waals surface area (Å²) in [5.74, 6) is -0.00694. The summed E-state index contributed by atoms with van der Waals surface area (Å²) >= 11 is 6.49. The molecule has 0 spiro atoms. The van der Waals surface area contributed by atoms with Gasteiger partial charge in [-0.15, -0.1) is 0 Å². The lowest BCUT2D eigenvalue weighted by Crippen LogP contribution is -2.85. The molecular formula is C30H39B25Br2N3O5. The molecule has 4 heterocycles. The van der Waals surface area contributed by atoms with Crippen LogP contribution >= 0.6 is 31.9 Å². The van der Waals surface area contributed by atoms with Gasteiger partial charge in [0.2, 0.25) is 0 Å². The summed E-state index contributed by atoms with van der Waals surface area (Å²) in [5, 5.41) is 19.4. The molecule has 0 atom stereocenters. The number of pyridine rings is 3. The topological polar surface area (TPSA) is 115 Å². The molecule has 2 N–H and O–H groups in total. The number of hydrogen-bond donors (Lipinski definition) is 2. The molecule has 0 saturated carbocycles. The summed E-state index contributed by atoms with van der Waals surface area (Å²) in [7, 11) is 77.9. The fourth-order valence-electron chi connectivity index (χ4n) is 6.80. The number of ketones is 1. The largest absolute Gasteiger partial charge is 0.384 e. The number of halogens is 2. The van der Waals surface area contributed by atoms with E-state index >= 15 is 0 Å². The smallest absolute Gasteiger partial charge is 0.186 e. The van der Waals surface area contributed by atoms with Crippen LogP contribution in [0.3, 0.4) is 0 Å². The van der Waals surface area contributed by atoms with Crippen molar-refractivity contribution < 1.29 is 24.5 Å². The summed E-state index contributed by atoms with van der Waals surface area (Å²) in [6.07, 6.45) is -4.62. The van der Waals surface area contributed by atoms with Gasteiger partial charge in [0.1, 0.15) is 16.9 Å². The van der Waals surface area contributed by atoms with Crippen molar-refractivity contribution in [2.75, 3.05) is 0 Å². The monoisotopic (exact) mass is 954 g/mol. The molecule has 0 aliphatic carbocycles. The van der Waals surface area contributed by atoms with E-state index in [-0.39, 0.29) is 17.0 Å². The number of carbonyl (C=O) groups excluding carboxylic acids is 1. The minimum atomic E-state index is -0.960. The number of hydrogen-bond acceptors (Lipinski definition) is 8. The molecule has 3 aromatic heterocycles. The number of aliphatic hydroxyl groups is 2. The van der Waals surface area contributed by atoms with Gasteiger partial charge in [0, 0.05) is 218 Å². The number of carbonyl (C=O) groups is 1. The second-order valence-corrected chi connectivity index (χ2v) is 19.8. The van der Waals surface area contributed by atoms with Gasteiger partial charge in [0.25, 0.3) is 0 Å². The van der Waals surface area contributed by atoms with Crippen LogP contribution in [-0.4, -0.2) is 220 Å². The highest BCUT2D eigenvalue weighted by molar-refractivity contribution is 9.10. The van der Waals surface area contributed by atoms with Gasteiger partial charge in [-0.2, -0.15) is 0 Å². The third-order valence-electron chi connectivity index (χ3n) is 11.0. The molecule has 4 rings (SSSR count). The third-order valence-corrected chi connectivity index (χ3v) is 12.0. The van der Waals surface area contributed by atoms with Crippen LogP contribution in [0.4, 0.5) is 0 Å². The zero-order valence-corrected chi connectivity index (χ0v) is 42.1. The molecule has 1 fully saturated rings. The standard InChI is InChI=1S/C15H23NO3.C8H10BrNO.C7H6BrNO.B25/c1-13(2,17)11-8-7-10(9-16-11)12-18-14(3,4)15(5,6)19-12;1-8(2,11)7-4-3-6(9)5-10-7;1-5(10)7-3-2-6(8)4-9-7;1-14-21(15(2)3)24(20(12)13)25(22(16(4)5)17(6)7)23(18(8)9)19(10)11/h7-9,12,17H,1-6H3;3-5,11H,1-2H3;2-4H,1H3;. The van der Waals surface area contributed by atoms with Gasteiger partial charge < -0.3 is 19.7 Å². The van der Waals surface area contributed by atoms with Gasteiger partial charge in [-0.25, -0.2) is 0 Å². The van der Waals surface area contributed by atoms with Crippen LogP contribution in [0, 0.1) is 0 Å². The summed E-state index contributed by atoms with van der Waals surface area (Å²) in [4.78, 5) is 22.9. The third kappa shape index (κ3) is 19.7. The van der Waals surface area contributed by atoms with E-state index in [1.807, 2.05) is 39.8 Å². The molecule has 35 heteroatoms. The van der Waals surface area contributed by atoms with Gasteiger partial charge in [0.15, 0.2) is 12.1 Å². The van der Waals surface area contributed by atoms with E-state index in [1.165, 1.54) is 14.0 Å². The first-order chi connectivity index (χ1) is 29.6. The fraction of sp³-hybridized carbons (Fsp3) is 0.467. The first-order valence-electron chi connectivity index (χ1n) is 20.7. The van der Waals surface area contributed by atoms with E-state index in [0.29, 0.717) is 17.1 Å². The van der Waals surface area contributed by atoms with E-state index in [0.717, 1.165) is 14.5 Å². The van der Waals surface area contributed by atoms with Crippen molar-refractivity contribution in [3.63, 3.8) is 0 Å². The maximum Gasteiger partial charge on any atom is 0.186 e. The predicted molar refractivity (Wildman–Crippen MR) is 306 cm³/mol. The molecule has 1 aliphatic heterocycles. The van der Waals surface area contributed by atoms with Crippen LogP contribution < -0.4 is 0 Å². The number of rotatable bonds is 15. The van der Waals surface area contributed by atoms with Crippen LogP contribution in [-0.2, 0) is 20.7 Å². The molecule has 1 saturated heterocycles. The Morgan fingerprint density at radius 3 is 1.23 bits per heavy atom. The second-order valence-electron chi connectivity index (χ2n) is 18.0. The zero-order valence-electron chi connectivity index (χ0n) is 38.9. The molecular weight excluding hydrogens is 912 g/mol. The van der Waals surface area contributed by atoms with E-state index in [1.54, 1.807) is 70.6 Å². The number of aromatic nitrogens is 3. The molecule has 0 aromatic carbocycles. The minimum absolute atomic E-state index is 0.00694. The molecule has 1 aliphatic rings. The zero-order chi connectivity index (χ0) is 50.6. The van der Waals surface area contributed by atoms with Crippen molar-refractivity contribution >= 4 is 216 Å².